The van der Waals surface area contributed by atoms with Crippen LogP contribution in [0, 0.1) is 0 Å². The first-order valence-electron chi connectivity index (χ1n) is 18.7. The molecule has 2 unspecified atom stereocenters. The van der Waals surface area contributed by atoms with Crippen LogP contribution >= 0.6 is 0 Å². The van der Waals surface area contributed by atoms with Gasteiger partial charge in [-0.1, -0.05) is 48.5 Å². The summed E-state index contributed by atoms with van der Waals surface area (Å²) in [5, 5.41) is 4.97. The number of hydrogen-bond donors (Lipinski definition) is 1. The zero-order chi connectivity index (χ0) is 39.8. The monoisotopic (exact) mass is 819 g/mol. The summed E-state index contributed by atoms with van der Waals surface area (Å²) in [4.78, 5) is 3.62. The van der Waals surface area contributed by atoms with Gasteiger partial charge in [-0.3, -0.25) is 4.55 Å². The summed E-state index contributed by atoms with van der Waals surface area (Å²) in [6.07, 6.45) is 5.99. The summed E-state index contributed by atoms with van der Waals surface area (Å²) >= 11 is 0. The van der Waals surface area contributed by atoms with Crippen LogP contribution in [0.2, 0.25) is 0 Å². The molecule has 0 spiro atoms. The van der Waals surface area contributed by atoms with E-state index in [1.165, 1.54) is 41.8 Å². The minimum atomic E-state index is -5.84. The molecule has 57 heavy (non-hydrogen) atoms. The van der Waals surface area contributed by atoms with E-state index in [9.17, 15) is 13.2 Å². The van der Waals surface area contributed by atoms with Crippen molar-refractivity contribution in [3.63, 3.8) is 0 Å². The fourth-order valence-electron chi connectivity index (χ4n) is 6.71. The summed E-state index contributed by atoms with van der Waals surface area (Å²) in [6, 6.07) is 44.9. The van der Waals surface area contributed by atoms with Gasteiger partial charge in [-0.15, -0.1) is 0 Å². The molecule has 0 saturated carbocycles. The third-order valence-electron chi connectivity index (χ3n) is 9.53. The molecule has 8 nitrogen and oxygen atoms in total. The molecule has 2 fully saturated rings. The van der Waals surface area contributed by atoms with Crippen molar-refractivity contribution in [1.82, 2.24) is 0 Å². The van der Waals surface area contributed by atoms with Gasteiger partial charge >= 0.3 is 15.6 Å². The second-order valence-electron chi connectivity index (χ2n) is 13.6. The average molecular weight is 820 g/mol. The van der Waals surface area contributed by atoms with E-state index in [0.29, 0.717) is 6.61 Å². The number of alkyl halides is 3. The lowest BCUT2D eigenvalue weighted by molar-refractivity contribution is -0.106. The quantitative estimate of drug-likeness (QED) is 0.0631. The molecule has 2 aliphatic heterocycles. The molecule has 0 amide bonds. The van der Waals surface area contributed by atoms with Crippen LogP contribution in [0.1, 0.15) is 44.1 Å². The Morgan fingerprint density at radius 2 is 1.05 bits per heavy atom. The first-order valence-corrected chi connectivity index (χ1v) is 21.4. The molecular formula is C44H42F3O8S2+. The normalized spacial score (nSPS) is 18.0. The van der Waals surface area contributed by atoms with Gasteiger partial charge < -0.3 is 23.7 Å². The summed E-state index contributed by atoms with van der Waals surface area (Å²) in [5.41, 5.74) is -4.35. The second-order valence-corrected chi connectivity index (χ2v) is 17.0. The first-order chi connectivity index (χ1) is 27.5. The Labute approximate surface area is 332 Å². The molecule has 0 bridgehead atoms. The maximum Gasteiger partial charge on any atom is 0.522 e. The van der Waals surface area contributed by atoms with E-state index in [0.717, 1.165) is 69.0 Å². The third-order valence-corrected chi connectivity index (χ3v) is 12.3. The lowest BCUT2D eigenvalue weighted by Gasteiger charge is -2.23. The molecule has 1 N–H and O–H groups in total. The molecular weight excluding hydrogens is 778 g/mol. The second kappa shape index (κ2) is 18.2. The molecule has 13 heteroatoms. The summed E-state index contributed by atoms with van der Waals surface area (Å²) in [7, 11) is -6.20. The average Bonchev–Trinajstić information content (AvgIpc) is 3.22. The van der Waals surface area contributed by atoms with Crippen LogP contribution in [-0.4, -0.2) is 44.3 Å². The molecule has 0 aliphatic carbocycles. The highest BCUT2D eigenvalue weighted by Crippen LogP contribution is 2.36. The fourth-order valence-corrected chi connectivity index (χ4v) is 8.75. The van der Waals surface area contributed by atoms with Crippen molar-refractivity contribution in [3.8, 4) is 17.2 Å². The number of ether oxygens (including phenoxy) is 5. The third kappa shape index (κ3) is 10.4. The van der Waals surface area contributed by atoms with Gasteiger partial charge in [0.15, 0.2) is 27.3 Å². The topological polar surface area (TPSA) is 101 Å². The van der Waals surface area contributed by atoms with Crippen molar-refractivity contribution in [2.45, 2.75) is 77.9 Å². The minimum absolute atomic E-state index is 0.168. The number of hydrogen-bond acceptors (Lipinski definition) is 7. The lowest BCUT2D eigenvalue weighted by Crippen LogP contribution is -2.25. The maximum atomic E-state index is 10.7. The molecule has 6 aromatic rings. The van der Waals surface area contributed by atoms with Gasteiger partial charge in [0.2, 0.25) is 0 Å². The van der Waals surface area contributed by atoms with Gasteiger partial charge in [-0.05, 0) is 132 Å². The smallest absolute Gasteiger partial charge is 0.489 e. The largest absolute Gasteiger partial charge is 0.522 e. The molecule has 6 aromatic carbocycles. The molecule has 2 aliphatic rings. The van der Waals surface area contributed by atoms with Gasteiger partial charge in [-0.25, -0.2) is 0 Å². The van der Waals surface area contributed by atoms with Crippen molar-refractivity contribution in [1.29, 1.82) is 0 Å². The Kier molecular flexibility index (Phi) is 12.9. The molecule has 0 radical (unpaired) electrons. The van der Waals surface area contributed by atoms with E-state index in [1.54, 1.807) is 0 Å². The van der Waals surface area contributed by atoms with Gasteiger partial charge in [0.05, 0.1) is 24.1 Å². The van der Waals surface area contributed by atoms with Crippen molar-refractivity contribution in [2.24, 2.45) is 0 Å². The Balaban J connectivity index is 0.000000562. The first kappa shape index (κ1) is 40.4. The number of halogens is 3. The standard InChI is InChI=1S/C43H41O5S.CHF3O3S/c1-2-10-39-31(9-1)29-32(40-11-3-4-12-41(39)40)30-46-33-15-21-36(22-16-33)49(37-23-17-34(18-24-37)47-42-13-5-7-27-44-42)38-25-19-35(20-26-38)48-43-14-6-8-28-45-43;2-1(3,4)8(5,6)7/h1-4,9-12,15-26,29,42-43H,5-8,13-14,27-28,30H2;(H,5,6,7)/q+1;. The van der Waals surface area contributed by atoms with Crippen LogP contribution in [0.4, 0.5) is 13.2 Å². The van der Waals surface area contributed by atoms with Crippen molar-refractivity contribution in [3.05, 3.63) is 133 Å². The van der Waals surface area contributed by atoms with E-state index < -0.39 is 15.6 Å². The van der Waals surface area contributed by atoms with Crippen LogP contribution in [0.15, 0.2) is 142 Å². The molecule has 2 heterocycles. The van der Waals surface area contributed by atoms with Crippen LogP contribution in [0.5, 0.6) is 17.2 Å². The van der Waals surface area contributed by atoms with E-state index in [4.69, 9.17) is 36.7 Å². The Hall–Kier alpha value is -4.79. The predicted octanol–water partition coefficient (Wildman–Crippen LogP) is 10.9. The van der Waals surface area contributed by atoms with Crippen LogP contribution < -0.4 is 14.2 Å². The number of fused-ring (bicyclic) bond motifs is 3. The van der Waals surface area contributed by atoms with Gasteiger partial charge in [0.1, 0.15) is 23.9 Å². The number of rotatable bonds is 10. The SMILES string of the molecule is O=S(=O)(O)C(F)(F)F.c1ccc2c(c1)cc(COc1ccc([S+](c3ccc(OC4CCCCO4)cc3)c3ccc(OC4CCCCO4)cc3)cc1)c1ccccc12. The summed E-state index contributed by atoms with van der Waals surface area (Å²) < 4.78 is 87.9. The highest BCUT2D eigenvalue weighted by Gasteiger charge is 2.44. The van der Waals surface area contributed by atoms with Crippen LogP contribution in [0.3, 0.4) is 0 Å². The molecule has 298 valence electrons. The number of benzene rings is 6. The van der Waals surface area contributed by atoms with Gasteiger partial charge in [0.25, 0.3) is 0 Å². The highest BCUT2D eigenvalue weighted by molar-refractivity contribution is 7.97. The lowest BCUT2D eigenvalue weighted by atomic mass is 9.98. The molecule has 2 atom stereocenters. The van der Waals surface area contributed by atoms with Gasteiger partial charge in [-0.2, -0.15) is 21.6 Å². The van der Waals surface area contributed by atoms with Gasteiger partial charge in [0, 0.05) is 12.8 Å². The molecule has 2 saturated heterocycles. The van der Waals surface area contributed by atoms with Crippen molar-refractivity contribution >= 4 is 42.6 Å². The Bertz CT molecular complexity index is 2280. The molecule has 8 rings (SSSR count). The highest BCUT2D eigenvalue weighted by atomic mass is 32.2. The van der Waals surface area contributed by atoms with E-state index >= 15 is 0 Å². The predicted molar refractivity (Wildman–Crippen MR) is 213 cm³/mol. The molecule has 0 aromatic heterocycles. The van der Waals surface area contributed by atoms with E-state index in [1.807, 2.05) is 0 Å². The summed E-state index contributed by atoms with van der Waals surface area (Å²) in [6.45, 7) is 2.02. The zero-order valence-corrected chi connectivity index (χ0v) is 32.5. The summed E-state index contributed by atoms with van der Waals surface area (Å²) in [5.74, 6) is 2.51. The van der Waals surface area contributed by atoms with Crippen molar-refractivity contribution < 1.29 is 49.8 Å². The Morgan fingerprint density at radius 3 is 1.51 bits per heavy atom. The zero-order valence-electron chi connectivity index (χ0n) is 30.9. The van der Waals surface area contributed by atoms with Crippen LogP contribution in [-0.2, 0) is 37.1 Å². The Morgan fingerprint density at radius 1 is 0.614 bits per heavy atom. The minimum Gasteiger partial charge on any atom is -0.489 e. The van der Waals surface area contributed by atoms with E-state index in [2.05, 4.69) is 127 Å². The van der Waals surface area contributed by atoms with Crippen LogP contribution in [0.25, 0.3) is 21.5 Å². The fraction of sp³-hybridized carbons (Fsp3) is 0.273. The van der Waals surface area contributed by atoms with Crippen molar-refractivity contribution in [2.75, 3.05) is 13.2 Å². The van der Waals surface area contributed by atoms with E-state index in [-0.39, 0.29) is 23.5 Å². The maximum absolute atomic E-state index is 10.7.